The van der Waals surface area contributed by atoms with Crippen LogP contribution in [0, 0.1) is 6.92 Å². The fraction of sp³-hybridized carbons (Fsp3) is 0.368. The molecule has 2 heterocycles. The SMILES string of the molecule is Cc1cc(N2CCNCC2)c2c(c1)N(S(=O)(=O)c1ccccc1O)CCO2. The Morgan fingerprint density at radius 1 is 1.07 bits per heavy atom. The van der Waals surface area contributed by atoms with Crippen molar-refractivity contribution in [3.05, 3.63) is 42.0 Å². The number of hydrogen-bond acceptors (Lipinski definition) is 6. The first-order valence-electron chi connectivity index (χ1n) is 9.02. The van der Waals surface area contributed by atoms with Gasteiger partial charge in [0.25, 0.3) is 10.0 Å². The van der Waals surface area contributed by atoms with Gasteiger partial charge in [0.15, 0.2) is 5.75 Å². The van der Waals surface area contributed by atoms with Crippen LogP contribution in [0.15, 0.2) is 41.3 Å². The van der Waals surface area contributed by atoms with E-state index in [1.54, 1.807) is 12.1 Å². The molecule has 0 aliphatic carbocycles. The molecule has 2 N–H and O–H groups in total. The van der Waals surface area contributed by atoms with E-state index in [4.69, 9.17) is 4.74 Å². The maximum atomic E-state index is 13.3. The van der Waals surface area contributed by atoms with Gasteiger partial charge in [0.05, 0.1) is 17.9 Å². The number of aryl methyl sites for hydroxylation is 1. The summed E-state index contributed by atoms with van der Waals surface area (Å²) in [7, 11) is -3.90. The number of sulfonamides is 1. The molecule has 0 atom stereocenters. The molecular formula is C19H23N3O4S. The Balaban J connectivity index is 1.82. The van der Waals surface area contributed by atoms with E-state index >= 15 is 0 Å². The molecule has 2 aromatic rings. The summed E-state index contributed by atoms with van der Waals surface area (Å²) in [6.45, 7) is 5.85. The van der Waals surface area contributed by atoms with Crippen LogP contribution in [-0.4, -0.2) is 52.9 Å². The predicted octanol–water partition coefficient (Wildman–Crippen LogP) is 1.70. The third kappa shape index (κ3) is 3.19. The molecule has 144 valence electrons. The molecule has 1 saturated heterocycles. The van der Waals surface area contributed by atoms with Gasteiger partial charge in [-0.2, -0.15) is 0 Å². The molecule has 4 rings (SSSR count). The first kappa shape index (κ1) is 17.9. The lowest BCUT2D eigenvalue weighted by molar-refractivity contribution is 0.315. The summed E-state index contributed by atoms with van der Waals surface area (Å²) in [5.74, 6) is 0.341. The van der Waals surface area contributed by atoms with E-state index in [-0.39, 0.29) is 23.8 Å². The molecule has 0 amide bonds. The highest BCUT2D eigenvalue weighted by Crippen LogP contribution is 2.44. The third-order valence-corrected chi connectivity index (χ3v) is 6.76. The number of anilines is 2. The molecule has 0 aromatic heterocycles. The average Bonchev–Trinajstić information content (AvgIpc) is 2.67. The van der Waals surface area contributed by atoms with E-state index in [0.29, 0.717) is 11.4 Å². The van der Waals surface area contributed by atoms with Crippen LogP contribution < -0.4 is 19.3 Å². The lowest BCUT2D eigenvalue weighted by Crippen LogP contribution is -2.44. The maximum absolute atomic E-state index is 13.3. The molecule has 7 nitrogen and oxygen atoms in total. The standard InChI is InChI=1S/C19H23N3O4S/c1-14-12-15(21-8-6-20-7-9-21)19-16(13-14)22(10-11-26-19)27(24,25)18-5-3-2-4-17(18)23/h2-5,12-13,20,23H,6-11H2,1H3. The second-order valence-corrected chi connectivity index (χ2v) is 8.59. The summed E-state index contributed by atoms with van der Waals surface area (Å²) in [5, 5.41) is 13.4. The van der Waals surface area contributed by atoms with Gasteiger partial charge in [-0.1, -0.05) is 12.1 Å². The van der Waals surface area contributed by atoms with Gasteiger partial charge in [0.1, 0.15) is 17.3 Å². The van der Waals surface area contributed by atoms with Crippen LogP contribution in [-0.2, 0) is 10.0 Å². The molecule has 2 aliphatic heterocycles. The molecule has 27 heavy (non-hydrogen) atoms. The Kier molecular flexibility index (Phi) is 4.61. The zero-order valence-electron chi connectivity index (χ0n) is 15.2. The minimum atomic E-state index is -3.90. The number of phenols is 1. The first-order valence-corrected chi connectivity index (χ1v) is 10.5. The fourth-order valence-corrected chi connectivity index (χ4v) is 5.13. The molecular weight excluding hydrogens is 366 g/mol. The summed E-state index contributed by atoms with van der Waals surface area (Å²) in [4.78, 5) is 2.13. The lowest BCUT2D eigenvalue weighted by atomic mass is 10.1. The number of piperazine rings is 1. The van der Waals surface area contributed by atoms with E-state index < -0.39 is 10.0 Å². The number of aromatic hydroxyl groups is 1. The molecule has 0 bridgehead atoms. The van der Waals surface area contributed by atoms with Crippen molar-refractivity contribution in [2.45, 2.75) is 11.8 Å². The highest BCUT2D eigenvalue weighted by atomic mass is 32.2. The van der Waals surface area contributed by atoms with Crippen LogP contribution in [0.1, 0.15) is 5.56 Å². The summed E-state index contributed by atoms with van der Waals surface area (Å²) in [6, 6.07) is 9.89. The van der Waals surface area contributed by atoms with Crippen molar-refractivity contribution in [2.75, 3.05) is 48.5 Å². The molecule has 1 fully saturated rings. The van der Waals surface area contributed by atoms with Crippen molar-refractivity contribution in [3.63, 3.8) is 0 Å². The van der Waals surface area contributed by atoms with Crippen LogP contribution in [0.5, 0.6) is 11.5 Å². The van der Waals surface area contributed by atoms with Crippen LogP contribution >= 0.6 is 0 Å². The van der Waals surface area contributed by atoms with E-state index in [9.17, 15) is 13.5 Å². The van der Waals surface area contributed by atoms with Gasteiger partial charge in [0, 0.05) is 26.2 Å². The van der Waals surface area contributed by atoms with Crippen molar-refractivity contribution in [3.8, 4) is 11.5 Å². The summed E-state index contributed by atoms with van der Waals surface area (Å²) in [5.41, 5.74) is 2.41. The molecule has 2 aromatic carbocycles. The number of rotatable bonds is 3. The van der Waals surface area contributed by atoms with Crippen LogP contribution in [0.4, 0.5) is 11.4 Å². The Morgan fingerprint density at radius 2 is 1.78 bits per heavy atom. The number of benzene rings is 2. The number of fused-ring (bicyclic) bond motifs is 1. The van der Waals surface area contributed by atoms with E-state index in [2.05, 4.69) is 10.2 Å². The monoisotopic (exact) mass is 389 g/mol. The van der Waals surface area contributed by atoms with Crippen LogP contribution in [0.2, 0.25) is 0 Å². The average molecular weight is 389 g/mol. The second kappa shape index (κ2) is 6.94. The fourth-order valence-electron chi connectivity index (χ4n) is 3.60. The summed E-state index contributed by atoms with van der Waals surface area (Å²) >= 11 is 0. The van der Waals surface area contributed by atoms with Crippen LogP contribution in [0.3, 0.4) is 0 Å². The molecule has 0 unspecified atom stereocenters. The minimum absolute atomic E-state index is 0.0944. The molecule has 2 aliphatic rings. The largest absolute Gasteiger partial charge is 0.507 e. The highest BCUT2D eigenvalue weighted by Gasteiger charge is 2.34. The first-order chi connectivity index (χ1) is 13.0. The van der Waals surface area contributed by atoms with Gasteiger partial charge in [-0.05, 0) is 36.8 Å². The van der Waals surface area contributed by atoms with E-state index in [1.165, 1.54) is 16.4 Å². The number of nitrogens with one attached hydrogen (secondary N) is 1. The third-order valence-electron chi connectivity index (χ3n) is 4.89. The van der Waals surface area contributed by atoms with Crippen molar-refractivity contribution in [1.29, 1.82) is 0 Å². The van der Waals surface area contributed by atoms with Crippen molar-refractivity contribution in [2.24, 2.45) is 0 Å². The van der Waals surface area contributed by atoms with Gasteiger partial charge >= 0.3 is 0 Å². The highest BCUT2D eigenvalue weighted by molar-refractivity contribution is 7.93. The lowest BCUT2D eigenvalue weighted by Gasteiger charge is -2.36. The Morgan fingerprint density at radius 3 is 2.52 bits per heavy atom. The Hall–Kier alpha value is -2.45. The summed E-state index contributed by atoms with van der Waals surface area (Å²) in [6.07, 6.45) is 0. The number of nitrogens with zero attached hydrogens (tertiary/aromatic N) is 2. The summed E-state index contributed by atoms with van der Waals surface area (Å²) < 4.78 is 33.8. The van der Waals surface area contributed by atoms with Crippen molar-refractivity contribution >= 4 is 21.4 Å². The minimum Gasteiger partial charge on any atom is -0.507 e. The molecule has 0 radical (unpaired) electrons. The Labute approximate surface area is 159 Å². The molecule has 0 saturated carbocycles. The van der Waals surface area contributed by atoms with Crippen molar-refractivity contribution < 1.29 is 18.3 Å². The van der Waals surface area contributed by atoms with Gasteiger partial charge in [-0.25, -0.2) is 8.42 Å². The number of para-hydroxylation sites is 1. The smallest absolute Gasteiger partial charge is 0.268 e. The zero-order valence-corrected chi connectivity index (χ0v) is 16.0. The van der Waals surface area contributed by atoms with Gasteiger partial charge < -0.3 is 20.1 Å². The van der Waals surface area contributed by atoms with Gasteiger partial charge in [-0.15, -0.1) is 0 Å². The zero-order chi connectivity index (χ0) is 19.0. The molecule has 0 spiro atoms. The molecule has 8 heteroatoms. The number of phenolic OH excluding ortho intramolecular Hbond substituents is 1. The van der Waals surface area contributed by atoms with E-state index in [0.717, 1.165) is 37.4 Å². The quantitative estimate of drug-likeness (QED) is 0.832. The maximum Gasteiger partial charge on any atom is 0.268 e. The predicted molar refractivity (Wildman–Crippen MR) is 104 cm³/mol. The van der Waals surface area contributed by atoms with Crippen LogP contribution in [0.25, 0.3) is 0 Å². The van der Waals surface area contributed by atoms with E-state index in [1.807, 2.05) is 19.1 Å². The van der Waals surface area contributed by atoms with Gasteiger partial charge in [-0.3, -0.25) is 4.31 Å². The van der Waals surface area contributed by atoms with Crippen molar-refractivity contribution in [1.82, 2.24) is 5.32 Å². The normalized spacial score (nSPS) is 17.4. The Bertz CT molecular complexity index is 955. The number of ether oxygens (including phenoxy) is 1. The second-order valence-electron chi connectivity index (χ2n) is 6.76. The van der Waals surface area contributed by atoms with Gasteiger partial charge in [0.2, 0.25) is 0 Å². The topological polar surface area (TPSA) is 82.1 Å². The number of hydrogen-bond donors (Lipinski definition) is 2.